The molecular formula is C19H17N5O. The van der Waals surface area contributed by atoms with E-state index in [4.69, 9.17) is 0 Å². The van der Waals surface area contributed by atoms with Crippen molar-refractivity contribution < 1.29 is 4.79 Å². The Morgan fingerprint density at radius 1 is 1.16 bits per heavy atom. The van der Waals surface area contributed by atoms with Gasteiger partial charge in [-0.3, -0.25) is 4.79 Å². The lowest BCUT2D eigenvalue weighted by Crippen LogP contribution is -2.24. The van der Waals surface area contributed by atoms with Crippen LogP contribution in [0.4, 0.5) is 0 Å². The van der Waals surface area contributed by atoms with Gasteiger partial charge in [0.1, 0.15) is 5.82 Å². The fourth-order valence-corrected chi connectivity index (χ4v) is 2.98. The van der Waals surface area contributed by atoms with Crippen LogP contribution in [0.3, 0.4) is 0 Å². The second kappa shape index (κ2) is 6.24. The summed E-state index contributed by atoms with van der Waals surface area (Å²) in [6.45, 7) is 0.401. The van der Waals surface area contributed by atoms with Crippen LogP contribution >= 0.6 is 0 Å². The van der Waals surface area contributed by atoms with Crippen molar-refractivity contribution in [2.45, 2.75) is 6.54 Å². The molecule has 0 bridgehead atoms. The van der Waals surface area contributed by atoms with Gasteiger partial charge in [-0.25, -0.2) is 9.97 Å². The second-order valence-electron chi connectivity index (χ2n) is 5.80. The van der Waals surface area contributed by atoms with Gasteiger partial charge in [-0.1, -0.05) is 24.3 Å². The number of aryl methyl sites for hydroxylation is 1. The number of amides is 1. The highest BCUT2D eigenvalue weighted by atomic mass is 16.1. The SMILES string of the molecule is Cn1ccc2ccnc(C(=O)NCc3ccccc3-c3ncc[nH]3)c21. The molecule has 0 fully saturated rings. The molecule has 3 heterocycles. The number of imidazole rings is 1. The minimum atomic E-state index is -0.193. The van der Waals surface area contributed by atoms with Crippen LogP contribution in [0.5, 0.6) is 0 Å². The molecule has 1 amide bonds. The van der Waals surface area contributed by atoms with Gasteiger partial charge in [0.15, 0.2) is 5.69 Å². The van der Waals surface area contributed by atoms with Gasteiger partial charge in [0.05, 0.1) is 5.52 Å². The predicted octanol–water partition coefficient (Wildman–Crippen LogP) is 2.89. The first-order chi connectivity index (χ1) is 12.2. The van der Waals surface area contributed by atoms with Gasteiger partial charge < -0.3 is 14.9 Å². The van der Waals surface area contributed by atoms with E-state index in [0.717, 1.165) is 27.9 Å². The number of H-pyrrole nitrogens is 1. The van der Waals surface area contributed by atoms with Crippen LogP contribution in [0.2, 0.25) is 0 Å². The van der Waals surface area contributed by atoms with Gasteiger partial charge >= 0.3 is 0 Å². The van der Waals surface area contributed by atoms with E-state index in [1.807, 2.05) is 54.2 Å². The van der Waals surface area contributed by atoms with Crippen molar-refractivity contribution in [2.75, 3.05) is 0 Å². The molecular weight excluding hydrogens is 314 g/mol. The van der Waals surface area contributed by atoms with Crippen molar-refractivity contribution in [3.05, 3.63) is 72.4 Å². The number of carbonyl (C=O) groups is 1. The molecule has 0 atom stereocenters. The first-order valence-electron chi connectivity index (χ1n) is 8.00. The average Bonchev–Trinajstić information content (AvgIpc) is 3.30. The van der Waals surface area contributed by atoms with Gasteiger partial charge in [0, 0.05) is 49.3 Å². The van der Waals surface area contributed by atoms with Crippen molar-refractivity contribution >= 4 is 16.8 Å². The van der Waals surface area contributed by atoms with Crippen LogP contribution in [0.25, 0.3) is 22.3 Å². The molecule has 4 aromatic rings. The third-order valence-electron chi connectivity index (χ3n) is 4.21. The molecule has 0 aliphatic carbocycles. The highest BCUT2D eigenvalue weighted by Crippen LogP contribution is 2.20. The Morgan fingerprint density at radius 3 is 2.88 bits per heavy atom. The number of rotatable bonds is 4. The first-order valence-corrected chi connectivity index (χ1v) is 8.00. The van der Waals surface area contributed by atoms with Crippen LogP contribution in [-0.2, 0) is 13.6 Å². The van der Waals surface area contributed by atoms with Gasteiger partial charge in [-0.05, 0) is 17.7 Å². The van der Waals surface area contributed by atoms with Gasteiger partial charge in [0.25, 0.3) is 5.91 Å². The summed E-state index contributed by atoms with van der Waals surface area (Å²) < 4.78 is 1.91. The summed E-state index contributed by atoms with van der Waals surface area (Å²) in [5.74, 6) is 0.592. The van der Waals surface area contributed by atoms with E-state index in [9.17, 15) is 4.79 Å². The fraction of sp³-hybridized carbons (Fsp3) is 0.105. The molecule has 0 unspecified atom stereocenters. The van der Waals surface area contributed by atoms with Crippen molar-refractivity contribution in [3.8, 4) is 11.4 Å². The zero-order chi connectivity index (χ0) is 17.2. The Labute approximate surface area is 144 Å². The largest absolute Gasteiger partial charge is 0.349 e. The predicted molar refractivity (Wildman–Crippen MR) is 95.9 cm³/mol. The highest BCUT2D eigenvalue weighted by molar-refractivity contribution is 6.04. The van der Waals surface area contributed by atoms with E-state index in [1.54, 1.807) is 18.6 Å². The standard InChI is InChI=1S/C19H17N5O/c1-24-11-7-13-6-8-20-16(17(13)24)19(25)23-12-14-4-2-3-5-15(14)18-21-9-10-22-18/h2-11H,12H2,1H3,(H,21,22)(H,23,25). The number of nitrogens with zero attached hydrogens (tertiary/aromatic N) is 3. The molecule has 0 saturated heterocycles. The molecule has 0 aliphatic rings. The smallest absolute Gasteiger partial charge is 0.272 e. The molecule has 124 valence electrons. The molecule has 0 radical (unpaired) electrons. The Kier molecular flexibility index (Phi) is 3.78. The van der Waals surface area contributed by atoms with Crippen molar-refractivity contribution in [2.24, 2.45) is 7.05 Å². The molecule has 4 rings (SSSR count). The van der Waals surface area contributed by atoms with Crippen LogP contribution in [0.15, 0.2) is 61.2 Å². The van der Waals surface area contributed by atoms with Crippen molar-refractivity contribution in [1.82, 2.24) is 24.8 Å². The third-order valence-corrected chi connectivity index (χ3v) is 4.21. The Balaban J connectivity index is 1.60. The molecule has 6 nitrogen and oxygen atoms in total. The molecule has 0 aliphatic heterocycles. The Bertz CT molecular complexity index is 1030. The number of hydrogen-bond acceptors (Lipinski definition) is 3. The zero-order valence-electron chi connectivity index (χ0n) is 13.7. The number of hydrogen-bond donors (Lipinski definition) is 2. The molecule has 0 spiro atoms. The van der Waals surface area contributed by atoms with Gasteiger partial charge in [-0.15, -0.1) is 0 Å². The molecule has 1 aromatic carbocycles. The van der Waals surface area contributed by atoms with E-state index < -0.39 is 0 Å². The Hall–Kier alpha value is -3.41. The maximum atomic E-state index is 12.7. The molecule has 0 saturated carbocycles. The summed E-state index contributed by atoms with van der Waals surface area (Å²) in [6.07, 6.45) is 7.08. The van der Waals surface area contributed by atoms with E-state index in [1.165, 1.54) is 0 Å². The van der Waals surface area contributed by atoms with Crippen LogP contribution in [0, 0.1) is 0 Å². The number of pyridine rings is 1. The molecule has 25 heavy (non-hydrogen) atoms. The average molecular weight is 331 g/mol. The number of carbonyl (C=O) groups excluding carboxylic acids is 1. The second-order valence-corrected chi connectivity index (χ2v) is 5.80. The molecule has 6 heteroatoms. The summed E-state index contributed by atoms with van der Waals surface area (Å²) in [7, 11) is 1.91. The van der Waals surface area contributed by atoms with E-state index in [-0.39, 0.29) is 5.91 Å². The summed E-state index contributed by atoms with van der Waals surface area (Å²) >= 11 is 0. The number of fused-ring (bicyclic) bond motifs is 1. The normalized spacial score (nSPS) is 10.9. The summed E-state index contributed by atoms with van der Waals surface area (Å²) in [6, 6.07) is 11.7. The van der Waals surface area contributed by atoms with E-state index in [2.05, 4.69) is 20.3 Å². The lowest BCUT2D eigenvalue weighted by molar-refractivity contribution is 0.0947. The van der Waals surface area contributed by atoms with Crippen molar-refractivity contribution in [1.29, 1.82) is 0 Å². The summed E-state index contributed by atoms with van der Waals surface area (Å²) in [5, 5.41) is 3.97. The van der Waals surface area contributed by atoms with Crippen LogP contribution < -0.4 is 5.32 Å². The van der Waals surface area contributed by atoms with Gasteiger partial charge in [0.2, 0.25) is 0 Å². The van der Waals surface area contributed by atoms with Gasteiger partial charge in [-0.2, -0.15) is 0 Å². The summed E-state index contributed by atoms with van der Waals surface area (Å²) in [5.41, 5.74) is 3.22. The zero-order valence-corrected chi connectivity index (χ0v) is 13.7. The fourth-order valence-electron chi connectivity index (χ4n) is 2.98. The minimum Gasteiger partial charge on any atom is -0.349 e. The number of aromatic nitrogens is 4. The monoisotopic (exact) mass is 331 g/mol. The lowest BCUT2D eigenvalue weighted by Gasteiger charge is -2.10. The van der Waals surface area contributed by atoms with Crippen LogP contribution in [-0.4, -0.2) is 25.4 Å². The third kappa shape index (κ3) is 2.78. The number of aromatic amines is 1. The summed E-state index contributed by atoms with van der Waals surface area (Å²) in [4.78, 5) is 24.3. The topological polar surface area (TPSA) is 75.6 Å². The molecule has 2 N–H and O–H groups in total. The van der Waals surface area contributed by atoms with Crippen molar-refractivity contribution in [3.63, 3.8) is 0 Å². The van der Waals surface area contributed by atoms with E-state index >= 15 is 0 Å². The Morgan fingerprint density at radius 2 is 2.04 bits per heavy atom. The first kappa shape index (κ1) is 15.1. The number of nitrogens with one attached hydrogen (secondary N) is 2. The lowest BCUT2D eigenvalue weighted by atomic mass is 10.1. The molecule has 3 aromatic heterocycles. The quantitative estimate of drug-likeness (QED) is 0.604. The number of benzene rings is 1. The highest BCUT2D eigenvalue weighted by Gasteiger charge is 2.15. The van der Waals surface area contributed by atoms with E-state index in [0.29, 0.717) is 12.2 Å². The minimum absolute atomic E-state index is 0.193. The maximum Gasteiger partial charge on any atom is 0.272 e. The van der Waals surface area contributed by atoms with Crippen LogP contribution in [0.1, 0.15) is 16.1 Å². The maximum absolute atomic E-state index is 12.7.